The fourth-order valence-electron chi connectivity index (χ4n) is 2.58. The Labute approximate surface area is 103 Å². The molecule has 1 saturated heterocycles. The highest BCUT2D eigenvalue weighted by Crippen LogP contribution is 2.26. The molecule has 3 heteroatoms. The van der Waals surface area contributed by atoms with E-state index in [4.69, 9.17) is 0 Å². The predicted octanol–water partition coefficient (Wildman–Crippen LogP) is 2.90. The first kappa shape index (κ1) is 12.4. The van der Waals surface area contributed by atoms with Gasteiger partial charge < -0.3 is 10.0 Å². The van der Waals surface area contributed by atoms with Crippen LogP contribution >= 0.6 is 0 Å². The molecule has 0 radical (unpaired) electrons. The van der Waals surface area contributed by atoms with Gasteiger partial charge in [-0.15, -0.1) is 0 Å². The van der Waals surface area contributed by atoms with Crippen molar-refractivity contribution >= 4 is 5.69 Å². The Hall–Kier alpha value is -1.09. The lowest BCUT2D eigenvalue weighted by molar-refractivity contribution is 0.194. The van der Waals surface area contributed by atoms with Gasteiger partial charge in [-0.3, -0.25) is 4.98 Å². The molecule has 0 bridgehead atoms. The van der Waals surface area contributed by atoms with Gasteiger partial charge >= 0.3 is 0 Å². The molecule has 1 unspecified atom stereocenters. The van der Waals surface area contributed by atoms with Crippen LogP contribution in [0.1, 0.15) is 51.3 Å². The molecule has 0 aliphatic carbocycles. The van der Waals surface area contributed by atoms with Crippen molar-refractivity contribution in [1.29, 1.82) is 0 Å². The lowest BCUT2D eigenvalue weighted by Gasteiger charge is -2.37. The molecule has 1 N–H and O–H groups in total. The monoisotopic (exact) mass is 234 g/mol. The van der Waals surface area contributed by atoms with Crippen molar-refractivity contribution < 1.29 is 5.11 Å². The largest absolute Gasteiger partial charge is 0.387 e. The van der Waals surface area contributed by atoms with Crippen LogP contribution in [0.25, 0.3) is 0 Å². The Kier molecular flexibility index (Phi) is 4.00. The summed E-state index contributed by atoms with van der Waals surface area (Å²) in [6.45, 7) is 5.13. The molecule has 2 atom stereocenters. The normalized spacial score (nSPS) is 22.5. The van der Waals surface area contributed by atoms with Crippen LogP contribution in [0.4, 0.5) is 5.69 Å². The molecule has 1 aliphatic heterocycles. The van der Waals surface area contributed by atoms with Crippen LogP contribution in [0, 0.1) is 0 Å². The first-order valence-electron chi connectivity index (χ1n) is 6.63. The van der Waals surface area contributed by atoms with Gasteiger partial charge in [0.2, 0.25) is 0 Å². The fraction of sp³-hybridized carbons (Fsp3) is 0.643. The van der Waals surface area contributed by atoms with E-state index in [1.165, 1.54) is 31.4 Å². The summed E-state index contributed by atoms with van der Waals surface area (Å²) in [5, 5.41) is 9.45. The van der Waals surface area contributed by atoms with Crippen LogP contribution in [0.15, 0.2) is 18.3 Å². The summed E-state index contributed by atoms with van der Waals surface area (Å²) in [7, 11) is 0. The quantitative estimate of drug-likeness (QED) is 0.873. The molecule has 0 spiro atoms. The van der Waals surface area contributed by atoms with Gasteiger partial charge in [0.25, 0.3) is 0 Å². The molecule has 1 aromatic rings. The third-order valence-corrected chi connectivity index (χ3v) is 3.63. The SMILES string of the molecule is CCC1CCCCN1c1ccc([C@H](C)O)nc1. The molecule has 2 heterocycles. The topological polar surface area (TPSA) is 36.4 Å². The van der Waals surface area contributed by atoms with Crippen LogP contribution in [-0.4, -0.2) is 22.7 Å². The van der Waals surface area contributed by atoms with Gasteiger partial charge in [0, 0.05) is 12.6 Å². The Morgan fingerprint density at radius 2 is 2.29 bits per heavy atom. The molecule has 94 valence electrons. The molecule has 1 fully saturated rings. The number of aromatic nitrogens is 1. The molecule has 0 aromatic carbocycles. The smallest absolute Gasteiger partial charge is 0.0931 e. The lowest BCUT2D eigenvalue weighted by atomic mass is 9.99. The molecular formula is C14H22N2O. The maximum atomic E-state index is 9.45. The van der Waals surface area contributed by atoms with Gasteiger partial charge in [0.1, 0.15) is 0 Å². The molecule has 2 rings (SSSR count). The summed E-state index contributed by atoms with van der Waals surface area (Å²) in [6, 6.07) is 4.67. The van der Waals surface area contributed by atoms with E-state index in [2.05, 4.69) is 22.9 Å². The van der Waals surface area contributed by atoms with Crippen LogP contribution in [0.5, 0.6) is 0 Å². The maximum Gasteiger partial charge on any atom is 0.0931 e. The average Bonchev–Trinajstić information content (AvgIpc) is 2.39. The second kappa shape index (κ2) is 5.50. The summed E-state index contributed by atoms with van der Waals surface area (Å²) in [6.07, 6.45) is 6.51. The summed E-state index contributed by atoms with van der Waals surface area (Å²) < 4.78 is 0. The van der Waals surface area contributed by atoms with Gasteiger partial charge in [-0.25, -0.2) is 0 Å². The van der Waals surface area contributed by atoms with E-state index in [1.807, 2.05) is 12.3 Å². The number of hydrogen-bond acceptors (Lipinski definition) is 3. The second-order valence-corrected chi connectivity index (χ2v) is 4.87. The van der Waals surface area contributed by atoms with Gasteiger partial charge in [-0.05, 0) is 44.7 Å². The lowest BCUT2D eigenvalue weighted by Crippen LogP contribution is -2.39. The number of aliphatic hydroxyl groups excluding tert-OH is 1. The van der Waals surface area contributed by atoms with E-state index >= 15 is 0 Å². The van der Waals surface area contributed by atoms with Crippen LogP contribution in [-0.2, 0) is 0 Å². The van der Waals surface area contributed by atoms with Crippen molar-refractivity contribution in [2.75, 3.05) is 11.4 Å². The van der Waals surface area contributed by atoms with E-state index < -0.39 is 6.10 Å². The van der Waals surface area contributed by atoms with Crippen molar-refractivity contribution in [3.8, 4) is 0 Å². The van der Waals surface area contributed by atoms with Gasteiger partial charge in [-0.2, -0.15) is 0 Å². The number of pyridine rings is 1. The Morgan fingerprint density at radius 3 is 2.88 bits per heavy atom. The molecule has 1 aromatic heterocycles. The maximum absolute atomic E-state index is 9.45. The average molecular weight is 234 g/mol. The number of piperidine rings is 1. The van der Waals surface area contributed by atoms with E-state index in [1.54, 1.807) is 6.92 Å². The number of aliphatic hydroxyl groups is 1. The standard InChI is InChI=1S/C14H22N2O/c1-3-12-6-4-5-9-16(12)13-7-8-14(11(2)17)15-10-13/h7-8,10-12,17H,3-6,9H2,1-2H3/t11-,12?/m0/s1. The van der Waals surface area contributed by atoms with Crippen molar-refractivity contribution in [3.63, 3.8) is 0 Å². The van der Waals surface area contributed by atoms with Gasteiger partial charge in [0.05, 0.1) is 23.7 Å². The summed E-state index contributed by atoms with van der Waals surface area (Å²) in [5.41, 5.74) is 1.94. The number of anilines is 1. The minimum Gasteiger partial charge on any atom is -0.387 e. The second-order valence-electron chi connectivity index (χ2n) is 4.87. The highest BCUT2D eigenvalue weighted by atomic mass is 16.3. The van der Waals surface area contributed by atoms with E-state index in [0.29, 0.717) is 6.04 Å². The van der Waals surface area contributed by atoms with Crippen LogP contribution in [0.2, 0.25) is 0 Å². The minimum absolute atomic E-state index is 0.479. The fourth-order valence-corrected chi connectivity index (χ4v) is 2.58. The summed E-state index contributed by atoms with van der Waals surface area (Å²) in [5.74, 6) is 0. The van der Waals surface area contributed by atoms with Crippen molar-refractivity contribution in [2.24, 2.45) is 0 Å². The third kappa shape index (κ3) is 2.78. The highest BCUT2D eigenvalue weighted by Gasteiger charge is 2.21. The molecule has 1 aliphatic rings. The minimum atomic E-state index is -0.479. The zero-order valence-electron chi connectivity index (χ0n) is 10.8. The first-order valence-corrected chi connectivity index (χ1v) is 6.63. The third-order valence-electron chi connectivity index (χ3n) is 3.63. The zero-order chi connectivity index (χ0) is 12.3. The predicted molar refractivity (Wildman–Crippen MR) is 70.1 cm³/mol. The van der Waals surface area contributed by atoms with Crippen molar-refractivity contribution in [1.82, 2.24) is 4.98 Å². The van der Waals surface area contributed by atoms with Gasteiger partial charge in [-0.1, -0.05) is 6.92 Å². The molecule has 0 amide bonds. The Bertz CT molecular complexity index is 348. The van der Waals surface area contributed by atoms with Crippen molar-refractivity contribution in [3.05, 3.63) is 24.0 Å². The Morgan fingerprint density at radius 1 is 1.47 bits per heavy atom. The van der Waals surface area contributed by atoms with E-state index in [-0.39, 0.29) is 0 Å². The molecule has 0 saturated carbocycles. The summed E-state index contributed by atoms with van der Waals surface area (Å²) >= 11 is 0. The number of hydrogen-bond donors (Lipinski definition) is 1. The van der Waals surface area contributed by atoms with Crippen LogP contribution in [0.3, 0.4) is 0 Å². The molecule has 17 heavy (non-hydrogen) atoms. The number of nitrogens with zero attached hydrogens (tertiary/aromatic N) is 2. The van der Waals surface area contributed by atoms with Crippen molar-refractivity contribution in [2.45, 2.75) is 51.7 Å². The summed E-state index contributed by atoms with van der Waals surface area (Å²) in [4.78, 5) is 6.79. The highest BCUT2D eigenvalue weighted by molar-refractivity contribution is 5.46. The van der Waals surface area contributed by atoms with Crippen LogP contribution < -0.4 is 4.90 Å². The van der Waals surface area contributed by atoms with E-state index in [0.717, 1.165) is 12.2 Å². The first-order chi connectivity index (χ1) is 8.22. The van der Waals surface area contributed by atoms with Gasteiger partial charge in [0.15, 0.2) is 0 Å². The molecular weight excluding hydrogens is 212 g/mol. The van der Waals surface area contributed by atoms with E-state index in [9.17, 15) is 5.11 Å². The molecule has 3 nitrogen and oxygen atoms in total. The Balaban J connectivity index is 2.15. The number of rotatable bonds is 3. The zero-order valence-corrected chi connectivity index (χ0v) is 10.8.